The Balaban J connectivity index is 2.17. The van der Waals surface area contributed by atoms with Crippen molar-refractivity contribution in [1.29, 1.82) is 0 Å². The van der Waals surface area contributed by atoms with E-state index < -0.39 is 0 Å². The van der Waals surface area contributed by atoms with Gasteiger partial charge >= 0.3 is 0 Å². The Morgan fingerprint density at radius 2 is 2.07 bits per heavy atom. The second-order valence-electron chi connectivity index (χ2n) is 3.31. The molecule has 0 spiro atoms. The summed E-state index contributed by atoms with van der Waals surface area (Å²) in [6.07, 6.45) is 0. The highest BCUT2D eigenvalue weighted by molar-refractivity contribution is 5.59. The Kier molecular flexibility index (Phi) is 3.00. The zero-order valence-electron chi connectivity index (χ0n) is 8.40. The zero-order chi connectivity index (χ0) is 10.5. The van der Waals surface area contributed by atoms with Crippen molar-refractivity contribution >= 4 is 11.4 Å². The van der Waals surface area contributed by atoms with Gasteiger partial charge in [-0.2, -0.15) is 0 Å². The van der Waals surface area contributed by atoms with E-state index in [1.807, 2.05) is 48.5 Å². The molecule has 0 heterocycles. The van der Waals surface area contributed by atoms with Crippen LogP contribution >= 0.6 is 0 Å². The monoisotopic (exact) mass is 197 g/mol. The van der Waals surface area contributed by atoms with Crippen LogP contribution in [0, 0.1) is 6.07 Å². The first-order valence-corrected chi connectivity index (χ1v) is 4.91. The normalized spacial score (nSPS) is 9.93. The molecular formula is C13H13N2. The summed E-state index contributed by atoms with van der Waals surface area (Å²) in [6.45, 7) is 0.564. The van der Waals surface area contributed by atoms with Gasteiger partial charge in [-0.1, -0.05) is 30.3 Å². The van der Waals surface area contributed by atoms with Crippen LogP contribution in [0.1, 0.15) is 5.56 Å². The van der Waals surface area contributed by atoms with Gasteiger partial charge in [0, 0.05) is 24.0 Å². The van der Waals surface area contributed by atoms with Crippen molar-refractivity contribution < 1.29 is 0 Å². The average Bonchev–Trinajstić information content (AvgIpc) is 2.31. The van der Waals surface area contributed by atoms with Crippen molar-refractivity contribution in [2.24, 2.45) is 5.73 Å². The van der Waals surface area contributed by atoms with Crippen molar-refractivity contribution in [3.05, 3.63) is 60.2 Å². The van der Waals surface area contributed by atoms with Gasteiger partial charge < -0.3 is 11.1 Å². The van der Waals surface area contributed by atoms with Crippen LogP contribution in [-0.4, -0.2) is 0 Å². The third-order valence-electron chi connectivity index (χ3n) is 2.15. The molecular weight excluding hydrogens is 184 g/mol. The fourth-order valence-corrected chi connectivity index (χ4v) is 1.40. The van der Waals surface area contributed by atoms with E-state index in [9.17, 15) is 0 Å². The molecule has 0 unspecified atom stereocenters. The first kappa shape index (κ1) is 9.74. The second kappa shape index (κ2) is 4.62. The molecule has 0 aromatic heterocycles. The number of benzene rings is 2. The smallest absolute Gasteiger partial charge is 0.0464 e. The highest BCUT2D eigenvalue weighted by Crippen LogP contribution is 2.16. The van der Waals surface area contributed by atoms with Gasteiger partial charge in [0.05, 0.1) is 0 Å². The molecule has 0 amide bonds. The van der Waals surface area contributed by atoms with Gasteiger partial charge in [0.2, 0.25) is 0 Å². The zero-order valence-corrected chi connectivity index (χ0v) is 8.40. The number of para-hydroxylation sites is 1. The molecule has 0 aliphatic rings. The molecule has 2 rings (SSSR count). The van der Waals surface area contributed by atoms with Gasteiger partial charge in [-0.25, -0.2) is 0 Å². The van der Waals surface area contributed by atoms with E-state index in [2.05, 4.69) is 11.4 Å². The second-order valence-corrected chi connectivity index (χ2v) is 3.31. The summed E-state index contributed by atoms with van der Waals surface area (Å²) in [5, 5.41) is 3.27. The van der Waals surface area contributed by atoms with Crippen molar-refractivity contribution in [2.75, 3.05) is 5.32 Å². The number of rotatable bonds is 3. The lowest BCUT2D eigenvalue weighted by Crippen LogP contribution is -1.97. The molecule has 0 bridgehead atoms. The van der Waals surface area contributed by atoms with Crippen LogP contribution in [0.4, 0.5) is 11.4 Å². The molecule has 2 nitrogen and oxygen atoms in total. The SMILES string of the molecule is NCc1cccc(Nc2[c]cccc2)c1. The summed E-state index contributed by atoms with van der Waals surface area (Å²) in [6, 6.07) is 19.0. The van der Waals surface area contributed by atoms with E-state index in [0.717, 1.165) is 16.9 Å². The molecule has 0 aliphatic heterocycles. The molecule has 75 valence electrons. The van der Waals surface area contributed by atoms with E-state index in [1.165, 1.54) is 0 Å². The molecule has 1 radical (unpaired) electrons. The molecule has 2 heteroatoms. The average molecular weight is 197 g/mol. The van der Waals surface area contributed by atoms with Crippen LogP contribution in [0.3, 0.4) is 0 Å². The maximum atomic E-state index is 5.58. The molecule has 2 aromatic carbocycles. The summed E-state index contributed by atoms with van der Waals surface area (Å²) >= 11 is 0. The maximum Gasteiger partial charge on any atom is 0.0464 e. The Morgan fingerprint density at radius 3 is 2.80 bits per heavy atom. The number of nitrogens with two attached hydrogens (primary N) is 1. The summed E-state index contributed by atoms with van der Waals surface area (Å²) < 4.78 is 0. The van der Waals surface area contributed by atoms with Crippen LogP contribution in [-0.2, 0) is 6.54 Å². The van der Waals surface area contributed by atoms with Gasteiger partial charge in [-0.15, -0.1) is 0 Å². The number of anilines is 2. The van der Waals surface area contributed by atoms with Gasteiger partial charge in [0.1, 0.15) is 0 Å². The predicted molar refractivity (Wildman–Crippen MR) is 62.9 cm³/mol. The highest BCUT2D eigenvalue weighted by Gasteiger charge is 1.94. The van der Waals surface area contributed by atoms with Crippen LogP contribution in [0.5, 0.6) is 0 Å². The summed E-state index contributed by atoms with van der Waals surface area (Å²) in [4.78, 5) is 0. The van der Waals surface area contributed by atoms with Crippen molar-refractivity contribution in [3.63, 3.8) is 0 Å². The van der Waals surface area contributed by atoms with E-state index in [4.69, 9.17) is 5.73 Å². The minimum atomic E-state index is 0.564. The Labute approximate surface area is 89.7 Å². The van der Waals surface area contributed by atoms with Gasteiger partial charge in [0.15, 0.2) is 0 Å². The summed E-state index contributed by atoms with van der Waals surface area (Å²) in [5.41, 5.74) is 8.70. The van der Waals surface area contributed by atoms with Crippen LogP contribution < -0.4 is 11.1 Å². The third-order valence-corrected chi connectivity index (χ3v) is 2.15. The van der Waals surface area contributed by atoms with E-state index in [-0.39, 0.29) is 0 Å². The molecule has 15 heavy (non-hydrogen) atoms. The topological polar surface area (TPSA) is 38.0 Å². The Morgan fingerprint density at radius 1 is 1.13 bits per heavy atom. The molecule has 0 aliphatic carbocycles. The van der Waals surface area contributed by atoms with Gasteiger partial charge in [-0.05, 0) is 23.8 Å². The molecule has 3 N–H and O–H groups in total. The van der Waals surface area contributed by atoms with Crippen LogP contribution in [0.15, 0.2) is 48.5 Å². The standard InChI is InChI=1S/C13H13N2/c14-10-11-5-4-8-13(9-11)15-12-6-2-1-3-7-12/h1-6,8-9,15H,10,14H2. The first-order valence-electron chi connectivity index (χ1n) is 4.91. The largest absolute Gasteiger partial charge is 0.355 e. The molecule has 0 fully saturated rings. The van der Waals surface area contributed by atoms with Crippen molar-refractivity contribution in [3.8, 4) is 0 Å². The van der Waals surface area contributed by atoms with E-state index >= 15 is 0 Å². The van der Waals surface area contributed by atoms with Crippen LogP contribution in [0.25, 0.3) is 0 Å². The number of hydrogen-bond acceptors (Lipinski definition) is 2. The minimum absolute atomic E-state index is 0.564. The van der Waals surface area contributed by atoms with Gasteiger partial charge in [0.25, 0.3) is 0 Å². The third kappa shape index (κ3) is 2.58. The molecule has 0 saturated carbocycles. The van der Waals surface area contributed by atoms with Crippen molar-refractivity contribution in [2.45, 2.75) is 6.54 Å². The Bertz CT molecular complexity index is 424. The first-order chi connectivity index (χ1) is 7.38. The van der Waals surface area contributed by atoms with E-state index in [1.54, 1.807) is 0 Å². The minimum Gasteiger partial charge on any atom is -0.355 e. The number of nitrogens with one attached hydrogen (secondary N) is 1. The lowest BCUT2D eigenvalue weighted by Gasteiger charge is -2.06. The highest BCUT2D eigenvalue weighted by atomic mass is 14.9. The molecule has 2 aromatic rings. The quantitative estimate of drug-likeness (QED) is 0.794. The van der Waals surface area contributed by atoms with E-state index in [0.29, 0.717) is 6.54 Å². The molecule has 0 saturated heterocycles. The Hall–Kier alpha value is -1.80. The summed E-state index contributed by atoms with van der Waals surface area (Å²) in [7, 11) is 0. The lowest BCUT2D eigenvalue weighted by atomic mass is 10.2. The number of hydrogen-bond donors (Lipinski definition) is 2. The van der Waals surface area contributed by atoms with Crippen molar-refractivity contribution in [1.82, 2.24) is 0 Å². The lowest BCUT2D eigenvalue weighted by molar-refractivity contribution is 1.07. The van der Waals surface area contributed by atoms with Crippen LogP contribution in [0.2, 0.25) is 0 Å². The fourth-order valence-electron chi connectivity index (χ4n) is 1.40. The fraction of sp³-hybridized carbons (Fsp3) is 0.0769. The molecule has 0 atom stereocenters. The summed E-state index contributed by atoms with van der Waals surface area (Å²) in [5.74, 6) is 0. The predicted octanol–water partition coefficient (Wildman–Crippen LogP) is 2.69. The maximum absolute atomic E-state index is 5.58. The van der Waals surface area contributed by atoms with Gasteiger partial charge in [-0.3, -0.25) is 0 Å².